The van der Waals surface area contributed by atoms with E-state index in [0.29, 0.717) is 0 Å². The molecular weight excluding hydrogens is 238 g/mol. The van der Waals surface area contributed by atoms with Gasteiger partial charge in [0.25, 0.3) is 5.56 Å². The molecule has 0 bridgehead atoms. The van der Waals surface area contributed by atoms with Crippen LogP contribution < -0.4 is 10.9 Å². The van der Waals surface area contributed by atoms with Crippen molar-refractivity contribution in [2.24, 2.45) is 0 Å². The number of hydrogen-bond acceptors (Lipinski definition) is 6. The van der Waals surface area contributed by atoms with E-state index in [1.165, 1.54) is 20.0 Å². The summed E-state index contributed by atoms with van der Waals surface area (Å²) in [5, 5.41) is 2.33. The lowest BCUT2D eigenvalue weighted by molar-refractivity contribution is -0.114. The molecule has 0 aliphatic carbocycles. The second-order valence-corrected chi connectivity index (χ2v) is 3.58. The van der Waals surface area contributed by atoms with Gasteiger partial charge in [-0.25, -0.2) is 9.97 Å². The Labute approximate surface area is 100 Å². The second-order valence-electron chi connectivity index (χ2n) is 3.58. The second kappa shape index (κ2) is 4.32. The molecule has 92 valence electrons. The number of rotatable bonds is 2. The first-order valence-corrected chi connectivity index (χ1v) is 5.03. The van der Waals surface area contributed by atoms with Gasteiger partial charge in [0, 0.05) is 13.8 Å². The maximum absolute atomic E-state index is 11.7. The summed E-state index contributed by atoms with van der Waals surface area (Å²) in [7, 11) is 0. The van der Waals surface area contributed by atoms with E-state index in [2.05, 4.69) is 25.3 Å². The Morgan fingerprint density at radius 1 is 1.28 bits per heavy atom. The van der Waals surface area contributed by atoms with Crippen LogP contribution in [0.4, 0.5) is 5.95 Å². The molecule has 0 saturated heterocycles. The lowest BCUT2D eigenvalue weighted by Gasteiger charge is -2.02. The number of carbonyl (C=O) groups is 2. The number of anilines is 1. The molecule has 2 rings (SSSR count). The molecule has 8 heteroatoms. The fourth-order valence-corrected chi connectivity index (χ4v) is 1.31. The summed E-state index contributed by atoms with van der Waals surface area (Å²) in [6, 6.07) is 0. The largest absolute Gasteiger partial charge is 0.296 e. The average Bonchev–Trinajstić information content (AvgIpc) is 2.27. The van der Waals surface area contributed by atoms with Crippen molar-refractivity contribution in [2.75, 3.05) is 5.32 Å². The van der Waals surface area contributed by atoms with Gasteiger partial charge in [-0.05, 0) is 0 Å². The zero-order valence-electron chi connectivity index (χ0n) is 9.64. The molecule has 0 aliphatic heterocycles. The van der Waals surface area contributed by atoms with Crippen molar-refractivity contribution in [3.63, 3.8) is 0 Å². The summed E-state index contributed by atoms with van der Waals surface area (Å²) in [5.41, 5.74) is -0.467. The zero-order valence-corrected chi connectivity index (χ0v) is 9.64. The molecular formula is C10H9N5O3. The molecule has 18 heavy (non-hydrogen) atoms. The van der Waals surface area contributed by atoms with Gasteiger partial charge in [0.15, 0.2) is 16.9 Å². The van der Waals surface area contributed by atoms with E-state index in [-0.39, 0.29) is 34.5 Å². The topological polar surface area (TPSA) is 118 Å². The maximum atomic E-state index is 11.7. The van der Waals surface area contributed by atoms with Gasteiger partial charge < -0.3 is 0 Å². The molecule has 0 aromatic carbocycles. The predicted octanol–water partition coefficient (Wildman–Crippen LogP) is -0.126. The van der Waals surface area contributed by atoms with E-state index in [1.807, 2.05) is 0 Å². The zero-order chi connectivity index (χ0) is 13.3. The Morgan fingerprint density at radius 3 is 2.61 bits per heavy atom. The number of nitrogens with one attached hydrogen (secondary N) is 2. The van der Waals surface area contributed by atoms with Gasteiger partial charge in [0.05, 0.1) is 6.20 Å². The molecule has 0 fully saturated rings. The SMILES string of the molecule is CC(=O)Nc1nc2ncc(C(C)=O)nc2c(=O)[nH]1. The minimum absolute atomic E-state index is 0.00937. The van der Waals surface area contributed by atoms with E-state index < -0.39 is 5.56 Å². The van der Waals surface area contributed by atoms with Crippen molar-refractivity contribution in [3.05, 3.63) is 22.2 Å². The minimum atomic E-state index is -0.570. The standard InChI is InChI=1S/C10H9N5O3/c1-4(16)6-3-11-8-7(13-6)9(18)15-10(14-8)12-5(2)17/h3H,1-2H3,(H2,11,12,14,15,17,18). The Balaban J connectivity index is 2.62. The number of hydrogen-bond donors (Lipinski definition) is 2. The molecule has 0 spiro atoms. The summed E-state index contributed by atoms with van der Waals surface area (Å²) in [4.78, 5) is 47.6. The molecule has 8 nitrogen and oxygen atoms in total. The molecule has 2 heterocycles. The van der Waals surface area contributed by atoms with Crippen LogP contribution in [0, 0.1) is 0 Å². The molecule has 2 N–H and O–H groups in total. The van der Waals surface area contributed by atoms with Crippen LogP contribution in [0.15, 0.2) is 11.0 Å². The van der Waals surface area contributed by atoms with Crippen LogP contribution in [-0.4, -0.2) is 31.6 Å². The normalized spacial score (nSPS) is 10.3. The first-order chi connectivity index (χ1) is 8.47. The van der Waals surface area contributed by atoms with Crippen molar-refractivity contribution >= 4 is 28.8 Å². The third-order valence-corrected chi connectivity index (χ3v) is 2.07. The van der Waals surface area contributed by atoms with Crippen LogP contribution in [-0.2, 0) is 4.79 Å². The van der Waals surface area contributed by atoms with E-state index in [9.17, 15) is 14.4 Å². The Hall–Kier alpha value is -2.64. The molecule has 0 aliphatic rings. The van der Waals surface area contributed by atoms with Gasteiger partial charge in [-0.2, -0.15) is 4.98 Å². The number of ketones is 1. The predicted molar refractivity (Wildman–Crippen MR) is 62.3 cm³/mol. The van der Waals surface area contributed by atoms with Gasteiger partial charge in [-0.15, -0.1) is 0 Å². The first-order valence-electron chi connectivity index (χ1n) is 5.03. The number of nitrogens with zero attached hydrogens (tertiary/aromatic N) is 3. The minimum Gasteiger partial charge on any atom is -0.296 e. The average molecular weight is 247 g/mol. The van der Waals surface area contributed by atoms with Crippen molar-refractivity contribution in [3.8, 4) is 0 Å². The fourth-order valence-electron chi connectivity index (χ4n) is 1.31. The van der Waals surface area contributed by atoms with Crippen LogP contribution in [0.5, 0.6) is 0 Å². The Morgan fingerprint density at radius 2 is 2.00 bits per heavy atom. The maximum Gasteiger partial charge on any atom is 0.280 e. The summed E-state index contributed by atoms with van der Waals surface area (Å²) >= 11 is 0. The lowest BCUT2D eigenvalue weighted by Crippen LogP contribution is -2.18. The van der Waals surface area contributed by atoms with Crippen LogP contribution >= 0.6 is 0 Å². The third-order valence-electron chi connectivity index (χ3n) is 2.07. The van der Waals surface area contributed by atoms with E-state index >= 15 is 0 Å². The van der Waals surface area contributed by atoms with Crippen molar-refractivity contribution < 1.29 is 9.59 Å². The van der Waals surface area contributed by atoms with Gasteiger partial charge in [-0.3, -0.25) is 24.7 Å². The number of amides is 1. The molecule has 0 unspecified atom stereocenters. The third kappa shape index (κ3) is 2.21. The van der Waals surface area contributed by atoms with Gasteiger partial charge in [0.2, 0.25) is 11.9 Å². The fraction of sp³-hybridized carbons (Fsp3) is 0.200. The highest BCUT2D eigenvalue weighted by Crippen LogP contribution is 2.05. The summed E-state index contributed by atoms with van der Waals surface area (Å²) in [6.07, 6.45) is 1.23. The number of fused-ring (bicyclic) bond motifs is 1. The van der Waals surface area contributed by atoms with Crippen LogP contribution in [0.25, 0.3) is 11.2 Å². The molecule has 0 atom stereocenters. The number of aromatic amines is 1. The van der Waals surface area contributed by atoms with E-state index in [0.717, 1.165) is 0 Å². The lowest BCUT2D eigenvalue weighted by atomic mass is 10.3. The molecule has 0 saturated carbocycles. The highest BCUT2D eigenvalue weighted by Gasteiger charge is 2.10. The van der Waals surface area contributed by atoms with Gasteiger partial charge in [0.1, 0.15) is 5.69 Å². The van der Waals surface area contributed by atoms with Crippen LogP contribution in [0.1, 0.15) is 24.3 Å². The smallest absolute Gasteiger partial charge is 0.280 e. The highest BCUT2D eigenvalue weighted by molar-refractivity contribution is 5.93. The first kappa shape index (κ1) is 11.8. The summed E-state index contributed by atoms with van der Waals surface area (Å²) < 4.78 is 0. The van der Waals surface area contributed by atoms with Gasteiger partial charge in [-0.1, -0.05) is 0 Å². The Kier molecular flexibility index (Phi) is 2.84. The number of H-pyrrole nitrogens is 1. The summed E-state index contributed by atoms with van der Waals surface area (Å²) in [6.45, 7) is 2.61. The van der Waals surface area contributed by atoms with Gasteiger partial charge >= 0.3 is 0 Å². The number of aromatic nitrogens is 4. The Bertz CT molecular complexity index is 706. The van der Waals surface area contributed by atoms with Crippen LogP contribution in [0.3, 0.4) is 0 Å². The molecule has 0 radical (unpaired) electrons. The monoisotopic (exact) mass is 247 g/mol. The number of carbonyl (C=O) groups excluding carboxylic acids is 2. The molecule has 2 aromatic rings. The van der Waals surface area contributed by atoms with Crippen molar-refractivity contribution in [2.45, 2.75) is 13.8 Å². The van der Waals surface area contributed by atoms with E-state index in [1.54, 1.807) is 0 Å². The van der Waals surface area contributed by atoms with Crippen molar-refractivity contribution in [1.82, 2.24) is 19.9 Å². The molecule has 2 aromatic heterocycles. The van der Waals surface area contributed by atoms with Crippen molar-refractivity contribution in [1.29, 1.82) is 0 Å². The van der Waals surface area contributed by atoms with E-state index in [4.69, 9.17) is 0 Å². The van der Waals surface area contributed by atoms with Crippen LogP contribution in [0.2, 0.25) is 0 Å². The number of Topliss-reactive ketones (excluding diaryl/α,β-unsaturated/α-hetero) is 1. The highest BCUT2D eigenvalue weighted by atomic mass is 16.2. The quantitative estimate of drug-likeness (QED) is 0.714. The molecule has 1 amide bonds. The summed E-state index contributed by atoms with van der Waals surface area (Å²) in [5.74, 6) is -0.676.